The fraction of sp³-hybridized carbons (Fsp3) is 0.438. The Bertz CT molecular complexity index is 680. The van der Waals surface area contributed by atoms with Crippen LogP contribution in [0.2, 0.25) is 0 Å². The first-order valence-corrected chi connectivity index (χ1v) is 8.37. The maximum Gasteiger partial charge on any atom is 0.341 e. The summed E-state index contributed by atoms with van der Waals surface area (Å²) < 4.78 is 4.95. The first-order valence-electron chi connectivity index (χ1n) is 7.49. The number of esters is 1. The summed E-state index contributed by atoms with van der Waals surface area (Å²) in [4.78, 5) is 35.9. The average Bonchev–Trinajstić information content (AvgIpc) is 3.21. The van der Waals surface area contributed by atoms with Crippen LogP contribution in [0, 0.1) is 23.7 Å². The van der Waals surface area contributed by atoms with Gasteiger partial charge < -0.3 is 15.2 Å². The van der Waals surface area contributed by atoms with Crippen LogP contribution in [0.5, 0.6) is 0 Å². The van der Waals surface area contributed by atoms with E-state index in [1.807, 2.05) is 12.2 Å². The minimum Gasteiger partial charge on any atom is -0.481 e. The van der Waals surface area contributed by atoms with Crippen LogP contribution < -0.4 is 5.32 Å². The highest BCUT2D eigenvalue weighted by Gasteiger charge is 2.51. The number of ether oxygens (including phenoxy) is 1. The molecular formula is C16H17NO5S. The standard InChI is InChI=1S/C16H17NO5S/c1-2-22-16(21)10-5-6-23-14(10)17-13(18)11-8-3-4-9(7-8)12(11)15(19)20/h3-6,8-9,11-12H,2,7H2,1H3,(H,17,18)(H,19,20)/t8-,9-,11-,12+/m0/s1. The molecule has 1 saturated carbocycles. The van der Waals surface area contributed by atoms with Crippen molar-refractivity contribution in [3.05, 3.63) is 29.2 Å². The van der Waals surface area contributed by atoms with E-state index in [1.165, 1.54) is 11.3 Å². The Kier molecular flexibility index (Phi) is 4.21. The number of carbonyl (C=O) groups excluding carboxylic acids is 2. The van der Waals surface area contributed by atoms with Crippen LogP contribution in [-0.2, 0) is 14.3 Å². The molecule has 122 valence electrons. The summed E-state index contributed by atoms with van der Waals surface area (Å²) in [7, 11) is 0. The third kappa shape index (κ3) is 2.76. The number of hydrogen-bond acceptors (Lipinski definition) is 5. The Morgan fingerprint density at radius 3 is 2.65 bits per heavy atom. The number of carboxylic acids is 1. The Morgan fingerprint density at radius 1 is 1.30 bits per heavy atom. The maximum absolute atomic E-state index is 12.6. The van der Waals surface area contributed by atoms with E-state index in [0.717, 1.165) is 0 Å². The van der Waals surface area contributed by atoms with Crippen LogP contribution in [0.15, 0.2) is 23.6 Å². The average molecular weight is 335 g/mol. The fourth-order valence-electron chi connectivity index (χ4n) is 3.49. The third-order valence-electron chi connectivity index (χ3n) is 4.44. The van der Waals surface area contributed by atoms with Crippen molar-refractivity contribution >= 4 is 34.2 Å². The van der Waals surface area contributed by atoms with Gasteiger partial charge in [0.05, 0.1) is 24.0 Å². The quantitative estimate of drug-likeness (QED) is 0.636. The highest BCUT2D eigenvalue weighted by molar-refractivity contribution is 7.14. The van der Waals surface area contributed by atoms with Crippen LogP contribution in [0.1, 0.15) is 23.7 Å². The molecule has 2 bridgehead atoms. The maximum atomic E-state index is 12.6. The summed E-state index contributed by atoms with van der Waals surface area (Å²) in [6, 6.07) is 1.59. The summed E-state index contributed by atoms with van der Waals surface area (Å²) in [5.41, 5.74) is 0.302. The van der Waals surface area contributed by atoms with Gasteiger partial charge in [0.25, 0.3) is 0 Å². The molecule has 1 aromatic rings. The number of aliphatic carboxylic acids is 1. The van der Waals surface area contributed by atoms with E-state index in [9.17, 15) is 19.5 Å². The molecule has 2 aliphatic rings. The monoisotopic (exact) mass is 335 g/mol. The molecule has 23 heavy (non-hydrogen) atoms. The molecule has 0 radical (unpaired) electrons. The molecule has 0 saturated heterocycles. The minimum atomic E-state index is -0.946. The largest absolute Gasteiger partial charge is 0.481 e. The molecule has 1 aromatic heterocycles. The number of carboxylic acid groups (broad SMARTS) is 1. The minimum absolute atomic E-state index is 0.0490. The zero-order valence-electron chi connectivity index (χ0n) is 12.5. The lowest BCUT2D eigenvalue weighted by Crippen LogP contribution is -2.36. The number of thiophene rings is 1. The summed E-state index contributed by atoms with van der Waals surface area (Å²) in [6.07, 6.45) is 4.52. The van der Waals surface area contributed by atoms with E-state index in [1.54, 1.807) is 18.4 Å². The Hall–Kier alpha value is -2.15. The van der Waals surface area contributed by atoms with Crippen LogP contribution >= 0.6 is 11.3 Å². The lowest BCUT2D eigenvalue weighted by molar-refractivity contribution is -0.146. The Balaban J connectivity index is 1.78. The molecule has 2 N–H and O–H groups in total. The normalized spacial score (nSPS) is 27.9. The van der Waals surface area contributed by atoms with E-state index in [4.69, 9.17) is 4.74 Å². The molecule has 1 amide bonds. The van der Waals surface area contributed by atoms with Gasteiger partial charge >= 0.3 is 11.9 Å². The molecule has 1 heterocycles. The van der Waals surface area contributed by atoms with Crippen molar-refractivity contribution in [1.82, 2.24) is 0 Å². The molecule has 2 aliphatic carbocycles. The molecule has 0 aromatic carbocycles. The van der Waals surface area contributed by atoms with Crippen molar-refractivity contribution in [3.8, 4) is 0 Å². The van der Waals surface area contributed by atoms with Crippen molar-refractivity contribution in [1.29, 1.82) is 0 Å². The van der Waals surface area contributed by atoms with Gasteiger partial charge in [0.1, 0.15) is 5.00 Å². The lowest BCUT2D eigenvalue weighted by Gasteiger charge is -2.23. The lowest BCUT2D eigenvalue weighted by atomic mass is 9.82. The van der Waals surface area contributed by atoms with Gasteiger partial charge in [0.15, 0.2) is 0 Å². The number of carbonyl (C=O) groups is 3. The van der Waals surface area contributed by atoms with Gasteiger partial charge in [-0.15, -0.1) is 11.3 Å². The predicted octanol–water partition coefficient (Wildman–Crippen LogP) is 2.39. The van der Waals surface area contributed by atoms with Gasteiger partial charge in [-0.1, -0.05) is 12.2 Å². The molecule has 6 nitrogen and oxygen atoms in total. The van der Waals surface area contributed by atoms with Gasteiger partial charge in [-0.2, -0.15) is 0 Å². The number of hydrogen-bond donors (Lipinski definition) is 2. The highest BCUT2D eigenvalue weighted by atomic mass is 32.1. The first kappa shape index (κ1) is 15.7. The Morgan fingerprint density at radius 2 is 2.00 bits per heavy atom. The number of anilines is 1. The second kappa shape index (κ2) is 6.16. The number of nitrogens with one attached hydrogen (secondary N) is 1. The molecule has 1 fully saturated rings. The second-order valence-electron chi connectivity index (χ2n) is 5.71. The van der Waals surface area contributed by atoms with Gasteiger partial charge in [-0.05, 0) is 36.6 Å². The van der Waals surface area contributed by atoms with Gasteiger partial charge in [0, 0.05) is 0 Å². The zero-order chi connectivity index (χ0) is 16.6. The number of rotatable bonds is 5. The molecule has 0 spiro atoms. The highest BCUT2D eigenvalue weighted by Crippen LogP contribution is 2.48. The molecule has 0 unspecified atom stereocenters. The van der Waals surface area contributed by atoms with Crippen molar-refractivity contribution in [2.45, 2.75) is 13.3 Å². The molecule has 3 rings (SSSR count). The molecule has 0 aliphatic heterocycles. The van der Waals surface area contributed by atoms with Crippen LogP contribution in [0.4, 0.5) is 5.00 Å². The summed E-state index contributed by atoms with van der Waals surface area (Å²) >= 11 is 1.22. The van der Waals surface area contributed by atoms with Crippen LogP contribution in [-0.4, -0.2) is 29.6 Å². The van der Waals surface area contributed by atoms with Crippen molar-refractivity contribution in [3.63, 3.8) is 0 Å². The van der Waals surface area contributed by atoms with E-state index < -0.39 is 23.8 Å². The summed E-state index contributed by atoms with van der Waals surface area (Å²) in [6.45, 7) is 1.96. The smallest absolute Gasteiger partial charge is 0.341 e. The third-order valence-corrected chi connectivity index (χ3v) is 5.27. The van der Waals surface area contributed by atoms with Gasteiger partial charge in [-0.3, -0.25) is 9.59 Å². The molecule has 4 atom stereocenters. The second-order valence-corrected chi connectivity index (χ2v) is 6.63. The number of fused-ring (bicyclic) bond motifs is 2. The predicted molar refractivity (Wildman–Crippen MR) is 84.3 cm³/mol. The van der Waals surface area contributed by atoms with Crippen LogP contribution in [0.25, 0.3) is 0 Å². The SMILES string of the molecule is CCOC(=O)c1ccsc1NC(=O)[C@@H]1[C@H](C(=O)O)[C@H]2C=C[C@H]1C2. The molecular weight excluding hydrogens is 318 g/mol. The van der Waals surface area contributed by atoms with Gasteiger partial charge in [-0.25, -0.2) is 4.79 Å². The van der Waals surface area contributed by atoms with E-state index in [-0.39, 0.29) is 24.3 Å². The summed E-state index contributed by atoms with van der Waals surface area (Å²) in [5.74, 6) is -3.21. The first-order chi connectivity index (χ1) is 11.0. The summed E-state index contributed by atoms with van der Waals surface area (Å²) in [5, 5.41) is 14.2. The van der Waals surface area contributed by atoms with Crippen molar-refractivity contribution < 1.29 is 24.2 Å². The molecule has 7 heteroatoms. The number of amides is 1. The van der Waals surface area contributed by atoms with E-state index in [2.05, 4.69) is 5.32 Å². The Labute approximate surface area is 137 Å². The van der Waals surface area contributed by atoms with E-state index >= 15 is 0 Å². The van der Waals surface area contributed by atoms with Crippen LogP contribution in [0.3, 0.4) is 0 Å². The van der Waals surface area contributed by atoms with Crippen molar-refractivity contribution in [2.75, 3.05) is 11.9 Å². The van der Waals surface area contributed by atoms with Crippen molar-refractivity contribution in [2.24, 2.45) is 23.7 Å². The topological polar surface area (TPSA) is 92.7 Å². The number of allylic oxidation sites excluding steroid dienone is 2. The van der Waals surface area contributed by atoms with E-state index in [0.29, 0.717) is 17.0 Å². The van der Waals surface area contributed by atoms with Gasteiger partial charge in [0.2, 0.25) is 5.91 Å². The fourth-order valence-corrected chi connectivity index (χ4v) is 4.27. The zero-order valence-corrected chi connectivity index (χ0v) is 13.3.